The quantitative estimate of drug-likeness (QED) is 0.0323. The molecule has 0 aromatic rings. The Morgan fingerprint density at radius 1 is 0.240 bits per heavy atom. The first-order valence-electron chi connectivity index (χ1n) is 44.8. The average Bonchev–Trinajstić information content (AvgIpc) is 0.916. The molecule has 0 amide bonds. The van der Waals surface area contributed by atoms with Crippen LogP contribution in [-0.2, 0) is 46.2 Å². The Labute approximate surface area is 648 Å². The van der Waals surface area contributed by atoms with E-state index in [0.29, 0.717) is 73.5 Å². The van der Waals surface area contributed by atoms with Crippen LogP contribution in [0.5, 0.6) is 0 Å². The van der Waals surface area contributed by atoms with E-state index in [4.69, 9.17) is 37.0 Å². The Morgan fingerprint density at radius 3 is 0.654 bits per heavy atom. The number of likely N-dealkylation sites (N-methyl/N-ethyl adjacent to an activating group) is 2. The number of quaternary nitrogens is 2. The molecule has 16 heteroatoms. The van der Waals surface area contributed by atoms with Crippen LogP contribution in [0.15, 0.2) is 0 Å². The molecule has 0 fully saturated rings. The van der Waals surface area contributed by atoms with Crippen LogP contribution in [0.1, 0.15) is 390 Å². The molecule has 10 atom stereocenters. The standard InChI is InChI=1S/C88H182N2O12P2/c1-79(2)53-47-55-81(5)57-49-59-83(7)61-51-63-85(9)65-71-95-75-87(77-101-103(91,92)99-73-67-89(11,12)13)97-69-45-43-41-39-37-35-33-31-29-27-25-23-21-19-17-18-20-22-24-26-28-30-32-34-36-38-40-42-44-46-70-98-88(78-102-104(93,94)100-74-68-90(14,15)16)76-96-72-66-86(10)64-52-62-84(8)60-50-58-82(6)56-48-54-80(3)4/h79-88H,17-78H2,1-16H3/t81-,82-,83-,84-,85?,86?,87?,88?/m1/s1. The molecule has 104 heavy (non-hydrogen) atoms. The number of phosphoric ester groups is 2. The summed E-state index contributed by atoms with van der Waals surface area (Å²) < 4.78 is 72.1. The van der Waals surface area contributed by atoms with Crippen molar-refractivity contribution >= 4 is 15.6 Å². The number of ether oxygens (including phenoxy) is 4. The second-order valence-corrected chi connectivity index (χ2v) is 39.3. The minimum Gasteiger partial charge on any atom is -0.756 e. The summed E-state index contributed by atoms with van der Waals surface area (Å²) in [6.07, 6.45) is 64.5. The van der Waals surface area contributed by atoms with Gasteiger partial charge in [0, 0.05) is 26.4 Å². The van der Waals surface area contributed by atoms with Crippen molar-refractivity contribution in [1.82, 2.24) is 0 Å². The summed E-state index contributed by atoms with van der Waals surface area (Å²) >= 11 is 0. The van der Waals surface area contributed by atoms with Crippen molar-refractivity contribution in [1.29, 1.82) is 0 Å². The number of nitrogens with zero attached hydrogens (tertiary/aromatic N) is 2. The molecule has 0 aromatic carbocycles. The Morgan fingerprint density at radius 2 is 0.442 bits per heavy atom. The van der Waals surface area contributed by atoms with Gasteiger partial charge in [0.05, 0.1) is 68.7 Å². The largest absolute Gasteiger partial charge is 0.756 e. The lowest BCUT2D eigenvalue weighted by Gasteiger charge is -2.28. The van der Waals surface area contributed by atoms with Crippen molar-refractivity contribution in [3.05, 3.63) is 0 Å². The number of phosphoric acid groups is 2. The fourth-order valence-electron chi connectivity index (χ4n) is 14.1. The zero-order chi connectivity index (χ0) is 77.3. The van der Waals surface area contributed by atoms with E-state index in [9.17, 15) is 18.9 Å². The van der Waals surface area contributed by atoms with Crippen LogP contribution >= 0.6 is 15.6 Å². The molecule has 626 valence electrons. The van der Waals surface area contributed by atoms with Crippen LogP contribution in [0.4, 0.5) is 0 Å². The van der Waals surface area contributed by atoms with Crippen molar-refractivity contribution in [3.63, 3.8) is 0 Å². The van der Waals surface area contributed by atoms with Crippen molar-refractivity contribution in [3.8, 4) is 0 Å². The van der Waals surface area contributed by atoms with Crippen LogP contribution in [0.2, 0.25) is 0 Å². The Bertz CT molecular complexity index is 1770. The molecule has 0 saturated heterocycles. The van der Waals surface area contributed by atoms with Gasteiger partial charge in [-0.05, 0) is 73.0 Å². The van der Waals surface area contributed by atoms with Gasteiger partial charge in [0.1, 0.15) is 38.5 Å². The van der Waals surface area contributed by atoms with Gasteiger partial charge in [-0.2, -0.15) is 0 Å². The molecule has 0 heterocycles. The maximum Gasteiger partial charge on any atom is 0.268 e. The summed E-state index contributed by atoms with van der Waals surface area (Å²) in [6, 6.07) is 0. The smallest absolute Gasteiger partial charge is 0.268 e. The molecule has 0 aromatic heterocycles. The molecule has 0 aliphatic heterocycles. The maximum absolute atomic E-state index is 12.6. The molecular formula is C88H182N2O12P2. The van der Waals surface area contributed by atoms with E-state index >= 15 is 0 Å². The second kappa shape index (κ2) is 69.7. The number of hydrogen-bond acceptors (Lipinski definition) is 12. The fourth-order valence-corrected chi connectivity index (χ4v) is 15.5. The van der Waals surface area contributed by atoms with Crippen molar-refractivity contribution in [2.45, 2.75) is 402 Å². The van der Waals surface area contributed by atoms with Crippen LogP contribution in [-0.4, -0.2) is 143 Å². The van der Waals surface area contributed by atoms with Crippen LogP contribution in [0, 0.1) is 47.3 Å². The van der Waals surface area contributed by atoms with Crippen molar-refractivity contribution in [2.75, 3.05) is 121 Å². The van der Waals surface area contributed by atoms with E-state index < -0.39 is 27.9 Å². The van der Waals surface area contributed by atoms with E-state index in [-0.39, 0.29) is 26.4 Å². The van der Waals surface area contributed by atoms with Gasteiger partial charge in [0.15, 0.2) is 0 Å². The van der Waals surface area contributed by atoms with Crippen LogP contribution < -0.4 is 9.79 Å². The van der Waals surface area contributed by atoms with E-state index in [1.165, 1.54) is 283 Å². The molecular weight excluding hydrogens is 1340 g/mol. The second-order valence-electron chi connectivity index (χ2n) is 36.5. The minimum atomic E-state index is -4.44. The van der Waals surface area contributed by atoms with Gasteiger partial charge < -0.3 is 55.8 Å². The molecule has 0 saturated carbocycles. The molecule has 0 aliphatic rings. The maximum atomic E-state index is 12.6. The highest BCUT2D eigenvalue weighted by Gasteiger charge is 2.21. The van der Waals surface area contributed by atoms with Gasteiger partial charge in [-0.1, -0.05) is 365 Å². The van der Waals surface area contributed by atoms with E-state index in [1.54, 1.807) is 0 Å². The van der Waals surface area contributed by atoms with Gasteiger partial charge in [-0.3, -0.25) is 9.13 Å². The lowest BCUT2D eigenvalue weighted by Crippen LogP contribution is -2.37. The molecule has 0 aliphatic carbocycles. The zero-order valence-corrected chi connectivity index (χ0v) is 74.1. The molecule has 0 radical (unpaired) electrons. The Kier molecular flexibility index (Phi) is 69.7. The van der Waals surface area contributed by atoms with E-state index in [1.807, 2.05) is 42.3 Å². The number of hydrogen-bond donors (Lipinski definition) is 0. The monoisotopic (exact) mass is 1520 g/mol. The predicted molar refractivity (Wildman–Crippen MR) is 441 cm³/mol. The molecule has 0 bridgehead atoms. The summed E-state index contributed by atoms with van der Waals surface area (Å²) in [5.74, 6) is 6.11. The van der Waals surface area contributed by atoms with Gasteiger partial charge in [-0.15, -0.1) is 0 Å². The predicted octanol–water partition coefficient (Wildman–Crippen LogP) is 24.8. The van der Waals surface area contributed by atoms with Crippen LogP contribution in [0.3, 0.4) is 0 Å². The third-order valence-electron chi connectivity index (χ3n) is 21.8. The lowest BCUT2D eigenvalue weighted by molar-refractivity contribution is -0.870. The lowest BCUT2D eigenvalue weighted by atomic mass is 9.91. The summed E-state index contributed by atoms with van der Waals surface area (Å²) in [5, 5.41) is 0. The average molecular weight is 1520 g/mol. The first kappa shape index (κ1) is 104. The first-order valence-corrected chi connectivity index (χ1v) is 47.7. The normalized spacial score (nSPS) is 16.1. The van der Waals surface area contributed by atoms with Crippen molar-refractivity contribution in [2.24, 2.45) is 47.3 Å². The van der Waals surface area contributed by atoms with Crippen LogP contribution in [0.25, 0.3) is 0 Å². The first-order chi connectivity index (χ1) is 49.6. The third-order valence-corrected chi connectivity index (χ3v) is 23.7. The van der Waals surface area contributed by atoms with Gasteiger partial charge >= 0.3 is 0 Å². The summed E-state index contributed by atoms with van der Waals surface area (Å²) in [6.45, 7) is 27.9. The molecule has 14 nitrogen and oxygen atoms in total. The van der Waals surface area contributed by atoms with E-state index in [2.05, 4.69) is 69.2 Å². The fraction of sp³-hybridized carbons (Fsp3) is 1.00. The van der Waals surface area contributed by atoms with Crippen molar-refractivity contribution < 1.29 is 64.9 Å². The topological polar surface area (TPSA) is 154 Å². The third kappa shape index (κ3) is 78.7. The zero-order valence-electron chi connectivity index (χ0n) is 72.3. The molecule has 0 rings (SSSR count). The molecule has 0 spiro atoms. The Hall–Kier alpha value is -0.0200. The highest BCUT2D eigenvalue weighted by atomic mass is 31.2. The Balaban J connectivity index is 4.07. The molecule has 0 N–H and O–H groups in total. The van der Waals surface area contributed by atoms with Gasteiger partial charge in [0.2, 0.25) is 0 Å². The summed E-state index contributed by atoms with van der Waals surface area (Å²) in [5.41, 5.74) is 0. The van der Waals surface area contributed by atoms with E-state index in [0.717, 1.165) is 74.0 Å². The molecule has 6 unspecified atom stereocenters. The van der Waals surface area contributed by atoms with Gasteiger partial charge in [-0.25, -0.2) is 0 Å². The number of unbranched alkanes of at least 4 members (excludes halogenated alkanes) is 29. The summed E-state index contributed by atoms with van der Waals surface area (Å²) in [7, 11) is 3.15. The van der Waals surface area contributed by atoms with Gasteiger partial charge in [0.25, 0.3) is 15.6 Å². The highest BCUT2D eigenvalue weighted by molar-refractivity contribution is 7.46. The number of rotatable bonds is 83. The summed E-state index contributed by atoms with van der Waals surface area (Å²) in [4.78, 5) is 25.2. The minimum absolute atomic E-state index is 0.0869. The SMILES string of the molecule is CC(C)CCC[C@@H](C)CCC[C@@H](C)CCCC(C)CCOCC(COP(=O)([O-])OCC[N+](C)(C)C)OCCCCCCCCCCCCCCCCCCCCCCCCCCCCCCCCOC(COCCC(C)CCC[C@H](C)CCC[C@H](C)CCCC(C)C)COP(=O)([O-])OCC[N+](C)(C)C. The highest BCUT2D eigenvalue weighted by Crippen LogP contribution is 2.40.